The molecular formula is C16H19ClN4. The molecule has 1 aliphatic heterocycles. The number of halogens is 1. The lowest BCUT2D eigenvalue weighted by molar-refractivity contribution is 0.751. The SMILES string of the molecule is CCc1cc(N2CCC(N)C2)nc(-c2cccc(Cl)c2)n1. The number of aryl methyl sites for hydroxylation is 1. The molecule has 0 spiro atoms. The van der Waals surface area contributed by atoms with Crippen LogP contribution in [0.1, 0.15) is 19.0 Å². The van der Waals surface area contributed by atoms with Crippen LogP contribution >= 0.6 is 11.6 Å². The average molecular weight is 303 g/mol. The van der Waals surface area contributed by atoms with Gasteiger partial charge in [0.15, 0.2) is 5.82 Å². The third-order valence-corrected chi connectivity index (χ3v) is 3.99. The van der Waals surface area contributed by atoms with Gasteiger partial charge in [0.1, 0.15) is 5.82 Å². The van der Waals surface area contributed by atoms with Crippen molar-refractivity contribution in [2.75, 3.05) is 18.0 Å². The Hall–Kier alpha value is -1.65. The molecular weight excluding hydrogens is 284 g/mol. The van der Waals surface area contributed by atoms with Gasteiger partial charge in [-0.3, -0.25) is 0 Å². The maximum Gasteiger partial charge on any atom is 0.161 e. The van der Waals surface area contributed by atoms with E-state index in [2.05, 4.69) is 22.9 Å². The van der Waals surface area contributed by atoms with Gasteiger partial charge in [-0.25, -0.2) is 9.97 Å². The van der Waals surface area contributed by atoms with Crippen LogP contribution in [0.15, 0.2) is 30.3 Å². The van der Waals surface area contributed by atoms with Crippen molar-refractivity contribution in [3.63, 3.8) is 0 Å². The summed E-state index contributed by atoms with van der Waals surface area (Å²) < 4.78 is 0. The first-order chi connectivity index (χ1) is 10.2. The van der Waals surface area contributed by atoms with E-state index in [1.807, 2.05) is 24.3 Å². The second-order valence-corrected chi connectivity index (χ2v) is 5.84. The van der Waals surface area contributed by atoms with Crippen LogP contribution in [-0.4, -0.2) is 29.1 Å². The fraction of sp³-hybridized carbons (Fsp3) is 0.375. The fourth-order valence-corrected chi connectivity index (χ4v) is 2.77. The van der Waals surface area contributed by atoms with Crippen molar-refractivity contribution >= 4 is 17.4 Å². The van der Waals surface area contributed by atoms with Crippen LogP contribution < -0.4 is 10.6 Å². The third-order valence-electron chi connectivity index (χ3n) is 3.76. The Morgan fingerprint density at radius 2 is 2.19 bits per heavy atom. The summed E-state index contributed by atoms with van der Waals surface area (Å²) in [4.78, 5) is 11.6. The molecule has 1 aromatic carbocycles. The number of benzene rings is 1. The normalized spacial score (nSPS) is 18.2. The van der Waals surface area contributed by atoms with E-state index in [4.69, 9.17) is 22.3 Å². The van der Waals surface area contributed by atoms with Gasteiger partial charge in [0, 0.05) is 41.5 Å². The Kier molecular flexibility index (Phi) is 4.08. The number of rotatable bonds is 3. The van der Waals surface area contributed by atoms with Gasteiger partial charge in [-0.05, 0) is 25.0 Å². The Morgan fingerprint density at radius 3 is 2.86 bits per heavy atom. The van der Waals surface area contributed by atoms with Gasteiger partial charge >= 0.3 is 0 Å². The average Bonchev–Trinajstić information content (AvgIpc) is 2.93. The smallest absolute Gasteiger partial charge is 0.161 e. The van der Waals surface area contributed by atoms with Crippen molar-refractivity contribution in [1.82, 2.24) is 9.97 Å². The molecule has 1 aliphatic rings. The molecule has 2 aromatic rings. The minimum atomic E-state index is 0.236. The molecule has 2 heterocycles. The predicted octanol–water partition coefficient (Wildman–Crippen LogP) is 2.90. The second-order valence-electron chi connectivity index (χ2n) is 5.40. The van der Waals surface area contributed by atoms with Gasteiger partial charge < -0.3 is 10.6 Å². The number of anilines is 1. The topological polar surface area (TPSA) is 55.0 Å². The molecule has 1 atom stereocenters. The number of hydrogen-bond acceptors (Lipinski definition) is 4. The highest BCUT2D eigenvalue weighted by Crippen LogP contribution is 2.24. The van der Waals surface area contributed by atoms with E-state index in [-0.39, 0.29) is 6.04 Å². The summed E-state index contributed by atoms with van der Waals surface area (Å²) >= 11 is 6.07. The first-order valence-corrected chi connectivity index (χ1v) is 7.68. The van der Waals surface area contributed by atoms with Crippen molar-refractivity contribution < 1.29 is 0 Å². The van der Waals surface area contributed by atoms with Crippen molar-refractivity contribution in [2.45, 2.75) is 25.8 Å². The van der Waals surface area contributed by atoms with Gasteiger partial charge in [0.2, 0.25) is 0 Å². The highest BCUT2D eigenvalue weighted by atomic mass is 35.5. The largest absolute Gasteiger partial charge is 0.355 e. The number of nitrogens with zero attached hydrogens (tertiary/aromatic N) is 3. The molecule has 2 N–H and O–H groups in total. The van der Waals surface area contributed by atoms with Crippen LogP contribution in [0.2, 0.25) is 5.02 Å². The van der Waals surface area contributed by atoms with E-state index in [1.165, 1.54) is 0 Å². The summed E-state index contributed by atoms with van der Waals surface area (Å²) in [5.41, 5.74) is 7.98. The lowest BCUT2D eigenvalue weighted by Gasteiger charge is -2.18. The predicted molar refractivity (Wildman–Crippen MR) is 86.7 cm³/mol. The molecule has 110 valence electrons. The number of hydrogen-bond donors (Lipinski definition) is 1. The molecule has 0 amide bonds. The molecule has 0 saturated carbocycles. The van der Waals surface area contributed by atoms with Crippen molar-refractivity contribution in [2.24, 2.45) is 5.73 Å². The maximum absolute atomic E-state index is 6.07. The minimum absolute atomic E-state index is 0.236. The standard InChI is InChI=1S/C16H19ClN4/c1-2-14-9-15(21-7-6-13(18)10-21)20-16(19-14)11-4-3-5-12(17)8-11/h3-5,8-9,13H,2,6-7,10,18H2,1H3. The maximum atomic E-state index is 6.07. The fourth-order valence-electron chi connectivity index (χ4n) is 2.58. The summed E-state index contributed by atoms with van der Waals surface area (Å²) in [6.45, 7) is 3.91. The summed E-state index contributed by atoms with van der Waals surface area (Å²) in [7, 11) is 0. The van der Waals surface area contributed by atoms with Gasteiger partial charge in [-0.1, -0.05) is 30.7 Å². The molecule has 0 aliphatic carbocycles. The molecule has 0 radical (unpaired) electrons. The zero-order chi connectivity index (χ0) is 14.8. The second kappa shape index (κ2) is 6.00. The van der Waals surface area contributed by atoms with Gasteiger partial charge in [0.05, 0.1) is 0 Å². The molecule has 1 aromatic heterocycles. The van der Waals surface area contributed by atoms with Crippen LogP contribution in [0.3, 0.4) is 0 Å². The lowest BCUT2D eigenvalue weighted by atomic mass is 10.2. The third kappa shape index (κ3) is 3.17. The van der Waals surface area contributed by atoms with E-state index >= 15 is 0 Å². The van der Waals surface area contributed by atoms with E-state index in [0.717, 1.165) is 48.8 Å². The zero-order valence-corrected chi connectivity index (χ0v) is 12.8. The Balaban J connectivity index is 2.01. The van der Waals surface area contributed by atoms with Crippen molar-refractivity contribution in [1.29, 1.82) is 0 Å². The Morgan fingerprint density at radius 1 is 1.33 bits per heavy atom. The monoisotopic (exact) mass is 302 g/mol. The first kappa shape index (κ1) is 14.3. The molecule has 1 saturated heterocycles. The Bertz CT molecular complexity index is 644. The summed E-state index contributed by atoms with van der Waals surface area (Å²) in [6.07, 6.45) is 1.89. The highest BCUT2D eigenvalue weighted by molar-refractivity contribution is 6.30. The summed E-state index contributed by atoms with van der Waals surface area (Å²) in [5, 5.41) is 0.697. The van der Waals surface area contributed by atoms with Gasteiger partial charge in [0.25, 0.3) is 0 Å². The molecule has 1 fully saturated rings. The highest BCUT2D eigenvalue weighted by Gasteiger charge is 2.21. The number of nitrogens with two attached hydrogens (primary N) is 1. The minimum Gasteiger partial charge on any atom is -0.355 e. The quantitative estimate of drug-likeness (QED) is 0.947. The summed E-state index contributed by atoms with van der Waals surface area (Å²) in [6, 6.07) is 9.96. The molecule has 3 rings (SSSR count). The van der Waals surface area contributed by atoms with E-state index in [1.54, 1.807) is 0 Å². The molecule has 1 unspecified atom stereocenters. The van der Waals surface area contributed by atoms with Crippen molar-refractivity contribution in [3.05, 3.63) is 41.0 Å². The van der Waals surface area contributed by atoms with E-state index in [0.29, 0.717) is 5.02 Å². The molecule has 21 heavy (non-hydrogen) atoms. The Labute approximate surface area is 130 Å². The molecule has 5 heteroatoms. The van der Waals surface area contributed by atoms with Crippen LogP contribution in [0.4, 0.5) is 5.82 Å². The zero-order valence-electron chi connectivity index (χ0n) is 12.1. The number of aromatic nitrogens is 2. The molecule has 4 nitrogen and oxygen atoms in total. The van der Waals surface area contributed by atoms with Crippen LogP contribution in [0.5, 0.6) is 0 Å². The molecule has 0 bridgehead atoms. The first-order valence-electron chi connectivity index (χ1n) is 7.30. The van der Waals surface area contributed by atoms with Crippen molar-refractivity contribution in [3.8, 4) is 11.4 Å². The summed E-state index contributed by atoms with van der Waals surface area (Å²) in [5.74, 6) is 1.69. The van der Waals surface area contributed by atoms with E-state index in [9.17, 15) is 0 Å². The van der Waals surface area contributed by atoms with Gasteiger partial charge in [-0.2, -0.15) is 0 Å². The van der Waals surface area contributed by atoms with E-state index < -0.39 is 0 Å². The van der Waals surface area contributed by atoms with Crippen LogP contribution in [-0.2, 0) is 6.42 Å². The lowest BCUT2D eigenvalue weighted by Crippen LogP contribution is -2.27. The van der Waals surface area contributed by atoms with Crippen LogP contribution in [0, 0.1) is 0 Å². The van der Waals surface area contributed by atoms with Gasteiger partial charge in [-0.15, -0.1) is 0 Å². The van der Waals surface area contributed by atoms with Crippen LogP contribution in [0.25, 0.3) is 11.4 Å².